The number of ether oxygens (including phenoxy) is 1. The zero-order valence-corrected chi connectivity index (χ0v) is 21.8. The maximum absolute atomic E-state index is 13.0. The molecule has 8 heteroatoms. The molecular weight excluding hydrogens is 496 g/mol. The van der Waals surface area contributed by atoms with Crippen molar-refractivity contribution in [3.05, 3.63) is 69.8 Å². The van der Waals surface area contributed by atoms with Crippen molar-refractivity contribution in [3.63, 3.8) is 0 Å². The van der Waals surface area contributed by atoms with Crippen LogP contribution in [0.25, 0.3) is 10.9 Å². The summed E-state index contributed by atoms with van der Waals surface area (Å²) in [6.45, 7) is 8.50. The van der Waals surface area contributed by atoms with Crippen LogP contribution in [0.1, 0.15) is 48.4 Å². The molecule has 34 heavy (non-hydrogen) atoms. The maximum Gasteiger partial charge on any atom is 0.410 e. The molecule has 2 N–H and O–H groups in total. The zero-order chi connectivity index (χ0) is 24.7. The normalized spacial score (nSPS) is 11.9. The van der Waals surface area contributed by atoms with Crippen molar-refractivity contribution in [2.45, 2.75) is 26.8 Å². The molecule has 0 fully saturated rings. The lowest BCUT2D eigenvalue weighted by Gasteiger charge is -2.30. The highest BCUT2D eigenvalue weighted by atomic mass is 79.9. The third-order valence-corrected chi connectivity index (χ3v) is 6.32. The Labute approximate surface area is 209 Å². The largest absolute Gasteiger partial charge is 0.450 e. The Morgan fingerprint density at radius 3 is 2.41 bits per heavy atom. The quantitative estimate of drug-likeness (QED) is 0.380. The van der Waals surface area contributed by atoms with E-state index in [1.807, 2.05) is 68.3 Å². The van der Waals surface area contributed by atoms with Gasteiger partial charge in [-0.2, -0.15) is 0 Å². The zero-order valence-electron chi connectivity index (χ0n) is 20.2. The molecule has 1 unspecified atom stereocenters. The number of hydrogen-bond donors (Lipinski definition) is 2. The fourth-order valence-electron chi connectivity index (χ4n) is 4.06. The van der Waals surface area contributed by atoms with E-state index in [2.05, 4.69) is 32.3 Å². The average molecular weight is 529 g/mol. The number of aromatic amines is 1. The van der Waals surface area contributed by atoms with Crippen molar-refractivity contribution in [2.75, 3.05) is 39.8 Å². The summed E-state index contributed by atoms with van der Waals surface area (Å²) < 4.78 is 6.34. The van der Waals surface area contributed by atoms with Crippen molar-refractivity contribution in [1.82, 2.24) is 20.1 Å². The molecule has 1 heterocycles. The first-order chi connectivity index (χ1) is 16.4. The number of benzene rings is 2. The summed E-state index contributed by atoms with van der Waals surface area (Å²) in [5.74, 6) is -0.00551. The van der Waals surface area contributed by atoms with E-state index in [1.165, 1.54) is 0 Å². The van der Waals surface area contributed by atoms with Crippen LogP contribution in [0.5, 0.6) is 0 Å². The van der Waals surface area contributed by atoms with Gasteiger partial charge in [0.1, 0.15) is 6.04 Å². The van der Waals surface area contributed by atoms with Gasteiger partial charge in [-0.05, 0) is 69.8 Å². The van der Waals surface area contributed by atoms with Crippen molar-refractivity contribution in [3.8, 4) is 0 Å². The lowest BCUT2D eigenvalue weighted by Crippen LogP contribution is -2.36. The highest BCUT2D eigenvalue weighted by Crippen LogP contribution is 2.32. The van der Waals surface area contributed by atoms with Crippen LogP contribution in [-0.4, -0.2) is 66.6 Å². The summed E-state index contributed by atoms with van der Waals surface area (Å²) in [4.78, 5) is 32.8. The lowest BCUT2D eigenvalue weighted by atomic mass is 10.00. The SMILES string of the molecule is CCOC(=O)N(CC)C(c1ccc(C(=O)N(CC)CCNC)cc1)c1cc2cc(Br)ccc2[nH]1. The molecule has 0 saturated heterocycles. The van der Waals surface area contributed by atoms with Gasteiger partial charge < -0.3 is 19.9 Å². The lowest BCUT2D eigenvalue weighted by molar-refractivity contribution is 0.0766. The van der Waals surface area contributed by atoms with E-state index in [0.717, 1.165) is 33.2 Å². The standard InChI is InChI=1S/C26H33BrN4O3/c1-5-30(15-14-28-4)25(32)19-10-8-18(9-11-19)24(31(6-2)26(33)34-7-3)23-17-20-16-21(27)12-13-22(20)29-23/h8-13,16-17,24,28-29H,5-7,14-15H2,1-4H3. The van der Waals surface area contributed by atoms with Gasteiger partial charge >= 0.3 is 6.09 Å². The number of nitrogens with zero attached hydrogens (tertiary/aromatic N) is 2. The number of carbonyl (C=O) groups excluding carboxylic acids is 2. The number of aromatic nitrogens is 1. The Balaban J connectivity index is 2.00. The highest BCUT2D eigenvalue weighted by Gasteiger charge is 2.28. The van der Waals surface area contributed by atoms with E-state index < -0.39 is 0 Å². The summed E-state index contributed by atoms with van der Waals surface area (Å²) >= 11 is 3.53. The molecule has 7 nitrogen and oxygen atoms in total. The minimum Gasteiger partial charge on any atom is -0.450 e. The van der Waals surface area contributed by atoms with Crippen LogP contribution in [-0.2, 0) is 4.74 Å². The van der Waals surface area contributed by atoms with Crippen molar-refractivity contribution >= 4 is 38.8 Å². The average Bonchev–Trinajstić information content (AvgIpc) is 3.25. The Kier molecular flexibility index (Phi) is 9.12. The van der Waals surface area contributed by atoms with Crippen LogP contribution >= 0.6 is 15.9 Å². The first kappa shape index (κ1) is 25.8. The van der Waals surface area contributed by atoms with E-state index >= 15 is 0 Å². The molecule has 0 saturated carbocycles. The maximum atomic E-state index is 13.0. The molecule has 0 aliphatic carbocycles. The molecule has 3 aromatic rings. The molecule has 0 aliphatic rings. The van der Waals surface area contributed by atoms with Crippen LogP contribution in [0.15, 0.2) is 53.0 Å². The van der Waals surface area contributed by atoms with E-state index in [9.17, 15) is 9.59 Å². The molecule has 1 atom stereocenters. The molecule has 3 rings (SSSR count). The number of H-pyrrole nitrogens is 1. The number of halogens is 1. The minimum atomic E-state index is -0.383. The van der Waals surface area contributed by atoms with E-state index in [0.29, 0.717) is 31.8 Å². The predicted octanol–water partition coefficient (Wildman–Crippen LogP) is 5.18. The fourth-order valence-corrected chi connectivity index (χ4v) is 4.44. The van der Waals surface area contributed by atoms with Crippen LogP contribution in [0.3, 0.4) is 0 Å². The number of rotatable bonds is 10. The second kappa shape index (κ2) is 12.0. The van der Waals surface area contributed by atoms with Crippen LogP contribution < -0.4 is 5.32 Å². The van der Waals surface area contributed by atoms with Gasteiger partial charge in [-0.3, -0.25) is 9.69 Å². The Morgan fingerprint density at radius 2 is 1.79 bits per heavy atom. The summed E-state index contributed by atoms with van der Waals surface area (Å²) in [7, 11) is 1.87. The van der Waals surface area contributed by atoms with Gasteiger partial charge in [0.2, 0.25) is 0 Å². The molecule has 2 aromatic carbocycles. The van der Waals surface area contributed by atoms with Crippen molar-refractivity contribution < 1.29 is 14.3 Å². The fraction of sp³-hybridized carbons (Fsp3) is 0.385. The minimum absolute atomic E-state index is 0.00551. The van der Waals surface area contributed by atoms with E-state index in [1.54, 1.807) is 11.8 Å². The number of amides is 2. The van der Waals surface area contributed by atoms with Gasteiger partial charge in [-0.25, -0.2) is 4.79 Å². The summed E-state index contributed by atoms with van der Waals surface area (Å²) in [6, 6.07) is 15.2. The summed E-state index contributed by atoms with van der Waals surface area (Å²) in [5, 5.41) is 4.13. The van der Waals surface area contributed by atoms with Crippen LogP contribution in [0.4, 0.5) is 4.79 Å². The molecule has 1 aromatic heterocycles. The van der Waals surface area contributed by atoms with E-state index in [-0.39, 0.29) is 18.0 Å². The number of nitrogens with one attached hydrogen (secondary N) is 2. The number of carbonyl (C=O) groups is 2. The van der Waals surface area contributed by atoms with Crippen LogP contribution in [0, 0.1) is 0 Å². The molecule has 0 spiro atoms. The Hall–Kier alpha value is -2.84. The first-order valence-corrected chi connectivity index (χ1v) is 12.5. The summed E-state index contributed by atoms with van der Waals surface area (Å²) in [6.07, 6.45) is -0.376. The number of hydrogen-bond acceptors (Lipinski definition) is 4. The predicted molar refractivity (Wildman–Crippen MR) is 139 cm³/mol. The van der Waals surface area contributed by atoms with Crippen molar-refractivity contribution in [1.29, 1.82) is 0 Å². The number of fused-ring (bicyclic) bond motifs is 1. The molecule has 2 amide bonds. The molecule has 182 valence electrons. The summed E-state index contributed by atoms with van der Waals surface area (Å²) in [5.41, 5.74) is 3.39. The molecular formula is C26H33BrN4O3. The van der Waals surface area contributed by atoms with Gasteiger partial charge in [0.15, 0.2) is 0 Å². The molecule has 0 bridgehead atoms. The second-order valence-electron chi connectivity index (χ2n) is 7.95. The Bertz CT molecular complexity index is 1110. The third-order valence-electron chi connectivity index (χ3n) is 5.83. The smallest absolute Gasteiger partial charge is 0.410 e. The molecule has 0 radical (unpaired) electrons. The topological polar surface area (TPSA) is 77.7 Å². The van der Waals surface area contributed by atoms with Crippen LogP contribution in [0.2, 0.25) is 0 Å². The highest BCUT2D eigenvalue weighted by molar-refractivity contribution is 9.10. The van der Waals surface area contributed by atoms with Gasteiger partial charge in [0.05, 0.1) is 6.61 Å². The monoisotopic (exact) mass is 528 g/mol. The van der Waals surface area contributed by atoms with Gasteiger partial charge in [-0.15, -0.1) is 0 Å². The van der Waals surface area contributed by atoms with E-state index in [4.69, 9.17) is 4.74 Å². The first-order valence-electron chi connectivity index (χ1n) is 11.7. The van der Waals surface area contributed by atoms with Crippen molar-refractivity contribution in [2.24, 2.45) is 0 Å². The Morgan fingerprint density at radius 1 is 1.06 bits per heavy atom. The molecule has 0 aliphatic heterocycles. The second-order valence-corrected chi connectivity index (χ2v) is 8.87. The number of likely N-dealkylation sites (N-methyl/N-ethyl adjacent to an activating group) is 2. The third kappa shape index (κ3) is 5.80. The van der Waals surface area contributed by atoms with Gasteiger partial charge in [0.25, 0.3) is 5.91 Å². The van der Waals surface area contributed by atoms with Gasteiger partial charge in [0, 0.05) is 52.8 Å². The van der Waals surface area contributed by atoms with Gasteiger partial charge in [-0.1, -0.05) is 28.1 Å².